The number of ketones is 1. The maximum absolute atomic E-state index is 13.3. The predicted octanol–water partition coefficient (Wildman–Crippen LogP) is 2.89. The second-order valence-electron chi connectivity index (χ2n) is 9.46. The minimum absolute atomic E-state index is 0.136. The van der Waals surface area contributed by atoms with Crippen molar-refractivity contribution in [3.63, 3.8) is 0 Å². The lowest BCUT2D eigenvalue weighted by Gasteiger charge is -2.42. The Morgan fingerprint density at radius 3 is 2.47 bits per heavy atom. The van der Waals surface area contributed by atoms with Crippen molar-refractivity contribution in [2.75, 3.05) is 19.6 Å². The van der Waals surface area contributed by atoms with Crippen LogP contribution in [0.5, 0.6) is 0 Å². The molecule has 2 heterocycles. The summed E-state index contributed by atoms with van der Waals surface area (Å²) in [6.45, 7) is 8.17. The number of ether oxygens (including phenoxy) is 1. The molecule has 2 saturated heterocycles. The molecule has 0 unspecified atom stereocenters. The molecule has 1 amide bonds. The van der Waals surface area contributed by atoms with Crippen LogP contribution in [-0.2, 0) is 19.6 Å². The number of piperidine rings is 1. The molecule has 0 aromatic heterocycles. The van der Waals surface area contributed by atoms with E-state index in [0.29, 0.717) is 25.9 Å². The molecule has 8 heteroatoms. The van der Waals surface area contributed by atoms with E-state index in [4.69, 9.17) is 4.74 Å². The van der Waals surface area contributed by atoms with Crippen molar-refractivity contribution in [3.05, 3.63) is 41.5 Å². The second kappa shape index (κ2) is 6.92. The predicted molar refractivity (Wildman–Crippen MR) is 111 cm³/mol. The quantitative estimate of drug-likeness (QED) is 0.718. The number of rotatable bonds is 2. The molecule has 162 valence electrons. The van der Waals surface area contributed by atoms with Crippen molar-refractivity contribution in [2.24, 2.45) is 5.41 Å². The first kappa shape index (κ1) is 21.1. The fourth-order valence-corrected chi connectivity index (χ4v) is 6.36. The van der Waals surface area contributed by atoms with Gasteiger partial charge in [0.25, 0.3) is 0 Å². The van der Waals surface area contributed by atoms with Crippen molar-refractivity contribution in [1.82, 2.24) is 9.21 Å². The van der Waals surface area contributed by atoms with Gasteiger partial charge in [0.05, 0.1) is 4.90 Å². The Hall–Kier alpha value is -2.19. The monoisotopic (exact) mass is 432 g/mol. The van der Waals surface area contributed by atoms with Crippen molar-refractivity contribution in [2.45, 2.75) is 57.1 Å². The molecule has 1 aromatic carbocycles. The van der Waals surface area contributed by atoms with Gasteiger partial charge in [-0.2, -0.15) is 4.31 Å². The van der Waals surface area contributed by atoms with E-state index in [2.05, 4.69) is 0 Å². The van der Waals surface area contributed by atoms with Gasteiger partial charge in [-0.05, 0) is 58.7 Å². The lowest BCUT2D eigenvalue weighted by atomic mass is 9.74. The number of likely N-dealkylation sites (tertiary alicyclic amines) is 1. The van der Waals surface area contributed by atoms with Crippen LogP contribution in [0.25, 0.3) is 0 Å². The molecule has 2 aliphatic heterocycles. The number of benzene rings is 1. The highest BCUT2D eigenvalue weighted by molar-refractivity contribution is 7.89. The van der Waals surface area contributed by atoms with E-state index in [-0.39, 0.29) is 17.2 Å². The minimum atomic E-state index is -3.69. The van der Waals surface area contributed by atoms with Crippen molar-refractivity contribution >= 4 is 21.9 Å². The largest absolute Gasteiger partial charge is 0.444 e. The summed E-state index contributed by atoms with van der Waals surface area (Å²) in [5.41, 5.74) is 0.614. The van der Waals surface area contributed by atoms with Crippen LogP contribution in [0.4, 0.5) is 4.79 Å². The van der Waals surface area contributed by atoms with Gasteiger partial charge in [0.1, 0.15) is 11.6 Å². The van der Waals surface area contributed by atoms with Gasteiger partial charge < -0.3 is 4.74 Å². The van der Waals surface area contributed by atoms with Gasteiger partial charge in [0.2, 0.25) is 10.0 Å². The summed E-state index contributed by atoms with van der Waals surface area (Å²) in [5.74, 6) is -0.136. The van der Waals surface area contributed by atoms with Gasteiger partial charge in [-0.15, -0.1) is 0 Å². The van der Waals surface area contributed by atoms with E-state index >= 15 is 0 Å². The van der Waals surface area contributed by atoms with E-state index in [1.54, 1.807) is 51.1 Å². The molecular weight excluding hydrogens is 404 g/mol. The Morgan fingerprint density at radius 1 is 1.17 bits per heavy atom. The summed E-state index contributed by atoms with van der Waals surface area (Å²) >= 11 is 0. The zero-order chi connectivity index (χ0) is 21.9. The number of amides is 1. The molecule has 3 aliphatic rings. The van der Waals surface area contributed by atoms with E-state index in [1.807, 2.05) is 6.92 Å². The van der Waals surface area contributed by atoms with Gasteiger partial charge in [-0.3, -0.25) is 9.69 Å². The number of hydrogen-bond donors (Lipinski definition) is 0. The number of aryl methyl sites for hydroxylation is 1. The SMILES string of the molecule is Cc1ccc(S(=O)(=O)N2CCC3=CC(=O)[C@@H]4N(C(=O)OC(C)(C)C)CC[C@]34C2)cc1. The maximum Gasteiger partial charge on any atom is 0.410 e. The minimum Gasteiger partial charge on any atom is -0.444 e. The van der Waals surface area contributed by atoms with Crippen LogP contribution in [0.3, 0.4) is 0 Å². The molecule has 30 heavy (non-hydrogen) atoms. The van der Waals surface area contributed by atoms with Gasteiger partial charge in [-0.25, -0.2) is 13.2 Å². The molecular formula is C22H28N2O5S. The highest BCUT2D eigenvalue weighted by Crippen LogP contribution is 2.52. The fraction of sp³-hybridized carbons (Fsp3) is 0.545. The van der Waals surface area contributed by atoms with Crippen molar-refractivity contribution in [3.8, 4) is 0 Å². The average molecular weight is 433 g/mol. The van der Waals surface area contributed by atoms with Gasteiger partial charge in [0, 0.05) is 25.0 Å². The summed E-state index contributed by atoms with van der Waals surface area (Å²) in [6.07, 6.45) is 2.15. The first-order valence-electron chi connectivity index (χ1n) is 10.3. The van der Waals surface area contributed by atoms with E-state index in [9.17, 15) is 18.0 Å². The van der Waals surface area contributed by atoms with Crippen LogP contribution in [-0.4, -0.2) is 60.8 Å². The number of sulfonamides is 1. The molecule has 1 aliphatic carbocycles. The summed E-state index contributed by atoms with van der Waals surface area (Å²) in [4.78, 5) is 27.4. The Morgan fingerprint density at radius 2 is 1.83 bits per heavy atom. The smallest absolute Gasteiger partial charge is 0.410 e. The van der Waals surface area contributed by atoms with Crippen LogP contribution in [0.15, 0.2) is 40.8 Å². The third kappa shape index (κ3) is 3.36. The van der Waals surface area contributed by atoms with Crippen LogP contribution >= 0.6 is 0 Å². The summed E-state index contributed by atoms with van der Waals surface area (Å²) < 4.78 is 33.5. The zero-order valence-electron chi connectivity index (χ0n) is 17.8. The van der Waals surface area contributed by atoms with Crippen LogP contribution in [0, 0.1) is 12.3 Å². The molecule has 4 rings (SSSR count). The Kier molecular flexibility index (Phi) is 4.86. The second-order valence-corrected chi connectivity index (χ2v) is 11.4. The van der Waals surface area contributed by atoms with Gasteiger partial charge in [0.15, 0.2) is 5.78 Å². The fourth-order valence-electron chi connectivity index (χ4n) is 4.85. The van der Waals surface area contributed by atoms with Crippen LogP contribution in [0.1, 0.15) is 39.2 Å². The van der Waals surface area contributed by atoms with Gasteiger partial charge in [-0.1, -0.05) is 23.3 Å². The molecule has 2 fully saturated rings. The first-order chi connectivity index (χ1) is 13.9. The number of hydrogen-bond acceptors (Lipinski definition) is 5. The van der Waals surface area contributed by atoms with E-state index < -0.39 is 33.2 Å². The molecule has 0 bridgehead atoms. The average Bonchev–Trinajstić information content (AvgIpc) is 3.14. The highest BCUT2D eigenvalue weighted by atomic mass is 32.2. The van der Waals surface area contributed by atoms with Crippen molar-refractivity contribution < 1.29 is 22.7 Å². The number of nitrogens with zero attached hydrogens (tertiary/aromatic N) is 2. The molecule has 1 aromatic rings. The number of carbonyl (C=O) groups excluding carboxylic acids is 2. The van der Waals surface area contributed by atoms with E-state index in [0.717, 1.165) is 11.1 Å². The molecule has 2 atom stereocenters. The first-order valence-corrected chi connectivity index (χ1v) is 11.7. The summed E-state index contributed by atoms with van der Waals surface area (Å²) in [5, 5.41) is 0. The maximum atomic E-state index is 13.3. The molecule has 7 nitrogen and oxygen atoms in total. The number of carbonyl (C=O) groups is 2. The third-order valence-corrected chi connectivity index (χ3v) is 8.09. The van der Waals surface area contributed by atoms with E-state index in [1.165, 1.54) is 9.21 Å². The topological polar surface area (TPSA) is 84.0 Å². The van der Waals surface area contributed by atoms with Crippen molar-refractivity contribution in [1.29, 1.82) is 0 Å². The Balaban J connectivity index is 1.63. The molecule has 0 radical (unpaired) electrons. The normalized spacial score (nSPS) is 26.9. The zero-order valence-corrected chi connectivity index (χ0v) is 18.7. The van der Waals surface area contributed by atoms with Crippen LogP contribution in [0.2, 0.25) is 0 Å². The summed E-state index contributed by atoms with van der Waals surface area (Å²) in [7, 11) is -3.69. The lowest BCUT2D eigenvalue weighted by molar-refractivity contribution is -0.120. The van der Waals surface area contributed by atoms with Gasteiger partial charge >= 0.3 is 6.09 Å². The molecule has 0 saturated carbocycles. The summed E-state index contributed by atoms with van der Waals surface area (Å²) in [6, 6.07) is 6.10. The molecule has 0 N–H and O–H groups in total. The standard InChI is InChI=1S/C22H28N2O5S/c1-15-5-7-17(8-6-15)30(27,28)23-11-9-16-13-18(25)19-22(16,14-23)10-12-24(19)20(26)29-21(2,3)4/h5-8,13,19H,9-12,14H2,1-4H3/t19-,22-/m0/s1. The lowest BCUT2D eigenvalue weighted by Crippen LogP contribution is -2.53. The third-order valence-electron chi connectivity index (χ3n) is 6.24. The van der Waals surface area contributed by atoms with Crippen LogP contribution < -0.4 is 0 Å². The Labute approximate surface area is 177 Å². The Bertz CT molecular complexity index is 1020. The molecule has 1 spiro atoms. The highest BCUT2D eigenvalue weighted by Gasteiger charge is 2.60.